The number of methoxy groups -OCH3 is 1. The standard InChI is InChI=1S/C23H25N3O4/c1-5-6-18-20(29-4)12-9-16-13-19(23(28)30-21(16)18)22(27)25-17-10-7-15(8-11-17)14-24-26(2)3/h7-14H,5-6H2,1-4H3,(H,25,27). The Kier molecular flexibility index (Phi) is 6.51. The molecule has 0 aliphatic heterocycles. The van der Waals surface area contributed by atoms with E-state index >= 15 is 0 Å². The van der Waals surface area contributed by atoms with Crippen molar-refractivity contribution < 1.29 is 13.9 Å². The highest BCUT2D eigenvalue weighted by Gasteiger charge is 2.17. The van der Waals surface area contributed by atoms with Gasteiger partial charge in [0.25, 0.3) is 5.91 Å². The number of anilines is 1. The normalized spacial score (nSPS) is 11.1. The van der Waals surface area contributed by atoms with Gasteiger partial charge in [0, 0.05) is 30.7 Å². The van der Waals surface area contributed by atoms with E-state index < -0.39 is 11.5 Å². The molecule has 0 saturated carbocycles. The number of fused-ring (bicyclic) bond motifs is 1. The van der Waals surface area contributed by atoms with Gasteiger partial charge in [0.1, 0.15) is 16.9 Å². The zero-order valence-corrected chi connectivity index (χ0v) is 17.6. The van der Waals surface area contributed by atoms with Crippen LogP contribution in [0.25, 0.3) is 11.0 Å². The van der Waals surface area contributed by atoms with E-state index in [0.29, 0.717) is 28.8 Å². The highest BCUT2D eigenvalue weighted by atomic mass is 16.5. The maximum Gasteiger partial charge on any atom is 0.349 e. The number of nitrogens with zero attached hydrogens (tertiary/aromatic N) is 2. The van der Waals surface area contributed by atoms with Gasteiger partial charge in [0.15, 0.2) is 0 Å². The zero-order valence-electron chi connectivity index (χ0n) is 17.6. The average Bonchev–Trinajstić information content (AvgIpc) is 2.73. The van der Waals surface area contributed by atoms with Gasteiger partial charge < -0.3 is 19.5 Å². The maximum atomic E-state index is 12.7. The molecular formula is C23H25N3O4. The Balaban J connectivity index is 1.88. The van der Waals surface area contributed by atoms with Crippen LogP contribution in [-0.2, 0) is 6.42 Å². The van der Waals surface area contributed by atoms with Crippen molar-refractivity contribution in [1.29, 1.82) is 0 Å². The Bertz CT molecular complexity index is 1130. The number of hydrogen-bond acceptors (Lipinski definition) is 6. The number of amides is 1. The van der Waals surface area contributed by atoms with Crippen LogP contribution >= 0.6 is 0 Å². The molecule has 30 heavy (non-hydrogen) atoms. The summed E-state index contributed by atoms with van der Waals surface area (Å²) in [6.45, 7) is 2.04. The van der Waals surface area contributed by atoms with Crippen LogP contribution in [0.15, 0.2) is 56.8 Å². The highest BCUT2D eigenvalue weighted by molar-refractivity contribution is 6.05. The summed E-state index contributed by atoms with van der Waals surface area (Å²) in [7, 11) is 5.25. The van der Waals surface area contributed by atoms with Crippen LogP contribution in [0.5, 0.6) is 5.75 Å². The van der Waals surface area contributed by atoms with E-state index in [4.69, 9.17) is 9.15 Å². The largest absolute Gasteiger partial charge is 0.496 e. The van der Waals surface area contributed by atoms with E-state index in [0.717, 1.165) is 17.5 Å². The van der Waals surface area contributed by atoms with Crippen molar-refractivity contribution in [3.63, 3.8) is 0 Å². The fourth-order valence-corrected chi connectivity index (χ4v) is 3.09. The molecule has 1 heterocycles. The Hall–Kier alpha value is -3.61. The number of rotatable bonds is 7. The number of benzene rings is 2. The van der Waals surface area contributed by atoms with Crippen LogP contribution < -0.4 is 15.7 Å². The number of ether oxygens (including phenoxy) is 1. The smallest absolute Gasteiger partial charge is 0.349 e. The van der Waals surface area contributed by atoms with Gasteiger partial charge in [-0.25, -0.2) is 4.79 Å². The van der Waals surface area contributed by atoms with Crippen molar-refractivity contribution in [1.82, 2.24) is 5.01 Å². The first-order valence-electron chi connectivity index (χ1n) is 9.69. The summed E-state index contributed by atoms with van der Waals surface area (Å²) in [5.74, 6) is 0.149. The van der Waals surface area contributed by atoms with E-state index in [1.807, 2.05) is 39.2 Å². The molecule has 3 rings (SSSR count). The van der Waals surface area contributed by atoms with Gasteiger partial charge in [-0.1, -0.05) is 25.5 Å². The molecule has 0 saturated heterocycles. The predicted octanol–water partition coefficient (Wildman–Crippen LogP) is 3.90. The summed E-state index contributed by atoms with van der Waals surface area (Å²) >= 11 is 0. The minimum absolute atomic E-state index is 0.0478. The third-order valence-electron chi connectivity index (χ3n) is 4.53. The lowest BCUT2D eigenvalue weighted by Gasteiger charge is -2.11. The number of nitrogens with one attached hydrogen (secondary N) is 1. The van der Waals surface area contributed by atoms with E-state index in [-0.39, 0.29) is 5.56 Å². The second-order valence-corrected chi connectivity index (χ2v) is 7.03. The molecule has 7 nitrogen and oxygen atoms in total. The number of hydrazone groups is 1. The Morgan fingerprint density at radius 2 is 1.93 bits per heavy atom. The lowest BCUT2D eigenvalue weighted by atomic mass is 10.0. The third-order valence-corrected chi connectivity index (χ3v) is 4.53. The van der Waals surface area contributed by atoms with Crippen LogP contribution in [0.1, 0.15) is 34.8 Å². The molecule has 2 aromatic carbocycles. The second kappa shape index (κ2) is 9.26. The zero-order chi connectivity index (χ0) is 21.7. The first-order valence-corrected chi connectivity index (χ1v) is 9.69. The molecule has 0 fully saturated rings. The van der Waals surface area contributed by atoms with Gasteiger partial charge in [-0.05, 0) is 42.3 Å². The summed E-state index contributed by atoms with van der Waals surface area (Å²) in [5, 5.41) is 9.27. The molecule has 156 valence electrons. The van der Waals surface area contributed by atoms with E-state index in [1.54, 1.807) is 42.6 Å². The van der Waals surface area contributed by atoms with Crippen molar-refractivity contribution in [3.8, 4) is 5.75 Å². The summed E-state index contributed by atoms with van der Waals surface area (Å²) in [4.78, 5) is 25.2. The first kappa shape index (κ1) is 21.1. The fourth-order valence-electron chi connectivity index (χ4n) is 3.09. The SMILES string of the molecule is CCCc1c(OC)ccc2cc(C(=O)Nc3ccc(C=NN(C)C)cc3)c(=O)oc12. The molecule has 1 amide bonds. The van der Waals surface area contributed by atoms with Crippen LogP contribution in [-0.4, -0.2) is 38.3 Å². The van der Waals surface area contributed by atoms with Crippen molar-refractivity contribution in [2.45, 2.75) is 19.8 Å². The number of hydrogen-bond donors (Lipinski definition) is 1. The summed E-state index contributed by atoms with van der Waals surface area (Å²) in [6, 6.07) is 12.3. The molecular weight excluding hydrogens is 382 g/mol. The third kappa shape index (κ3) is 4.68. The van der Waals surface area contributed by atoms with Crippen LogP contribution in [0.2, 0.25) is 0 Å². The van der Waals surface area contributed by atoms with Gasteiger partial charge >= 0.3 is 5.63 Å². The van der Waals surface area contributed by atoms with Crippen LogP contribution in [0.4, 0.5) is 5.69 Å². The molecule has 0 spiro atoms. The van der Waals surface area contributed by atoms with Gasteiger partial charge in [-0.15, -0.1) is 0 Å². The van der Waals surface area contributed by atoms with Gasteiger partial charge in [0.05, 0.1) is 13.3 Å². The quantitative estimate of drug-likeness (QED) is 0.365. The second-order valence-electron chi connectivity index (χ2n) is 7.03. The lowest BCUT2D eigenvalue weighted by Crippen LogP contribution is -2.20. The molecule has 3 aromatic rings. The summed E-state index contributed by atoms with van der Waals surface area (Å²) < 4.78 is 10.9. The molecule has 0 aliphatic rings. The van der Waals surface area contributed by atoms with E-state index in [2.05, 4.69) is 10.4 Å². The Labute approximate surface area is 175 Å². The first-order chi connectivity index (χ1) is 14.4. The Morgan fingerprint density at radius 1 is 1.20 bits per heavy atom. The maximum absolute atomic E-state index is 12.7. The molecule has 7 heteroatoms. The molecule has 1 N–H and O–H groups in total. The molecule has 0 atom stereocenters. The molecule has 0 unspecified atom stereocenters. The minimum atomic E-state index is -0.680. The molecule has 1 aromatic heterocycles. The van der Waals surface area contributed by atoms with Crippen molar-refractivity contribution in [3.05, 3.63) is 69.6 Å². The fraction of sp³-hybridized carbons (Fsp3) is 0.261. The van der Waals surface area contributed by atoms with Crippen molar-refractivity contribution in [2.75, 3.05) is 26.5 Å². The van der Waals surface area contributed by atoms with Crippen LogP contribution in [0.3, 0.4) is 0 Å². The number of carbonyl (C=O) groups excluding carboxylic acids is 1. The number of aryl methyl sites for hydroxylation is 1. The van der Waals surface area contributed by atoms with Gasteiger partial charge in [0.2, 0.25) is 0 Å². The van der Waals surface area contributed by atoms with Crippen molar-refractivity contribution >= 4 is 28.8 Å². The molecule has 0 bridgehead atoms. The topological polar surface area (TPSA) is 84.1 Å². The number of carbonyl (C=O) groups is 1. The molecule has 0 aliphatic carbocycles. The van der Waals surface area contributed by atoms with Crippen LogP contribution in [0, 0.1) is 0 Å². The molecule has 0 radical (unpaired) electrons. The predicted molar refractivity (Wildman–Crippen MR) is 119 cm³/mol. The average molecular weight is 407 g/mol. The highest BCUT2D eigenvalue weighted by Crippen LogP contribution is 2.29. The summed E-state index contributed by atoms with van der Waals surface area (Å²) in [5.41, 5.74) is 2.03. The summed E-state index contributed by atoms with van der Waals surface area (Å²) in [6.07, 6.45) is 3.29. The minimum Gasteiger partial charge on any atom is -0.496 e. The van der Waals surface area contributed by atoms with E-state index in [1.165, 1.54) is 0 Å². The van der Waals surface area contributed by atoms with Gasteiger partial charge in [-0.2, -0.15) is 5.10 Å². The van der Waals surface area contributed by atoms with Gasteiger partial charge in [-0.3, -0.25) is 4.79 Å². The lowest BCUT2D eigenvalue weighted by molar-refractivity contribution is 0.102. The van der Waals surface area contributed by atoms with E-state index in [9.17, 15) is 9.59 Å². The van der Waals surface area contributed by atoms with Crippen molar-refractivity contribution in [2.24, 2.45) is 5.10 Å². The monoisotopic (exact) mass is 407 g/mol. The Morgan fingerprint density at radius 3 is 2.57 bits per heavy atom.